The highest BCUT2D eigenvalue weighted by Gasteiger charge is 2.40. The van der Waals surface area contributed by atoms with Crippen molar-refractivity contribution < 1.29 is 14.3 Å². The molecular weight excluding hydrogens is 273 g/mol. The first-order valence-electron chi connectivity index (χ1n) is 5.39. The molecule has 1 fully saturated rings. The molecular formula is C9H12N5O4P. The lowest BCUT2D eigenvalue weighted by molar-refractivity contribution is -0.384. The van der Waals surface area contributed by atoms with E-state index in [-0.39, 0.29) is 11.4 Å². The number of nitro groups is 1. The van der Waals surface area contributed by atoms with Gasteiger partial charge < -0.3 is 5.73 Å². The van der Waals surface area contributed by atoms with Crippen LogP contribution in [0.5, 0.6) is 0 Å². The van der Waals surface area contributed by atoms with Crippen molar-refractivity contribution in [3.8, 4) is 0 Å². The van der Waals surface area contributed by atoms with Crippen LogP contribution in [0.15, 0.2) is 24.3 Å². The molecule has 0 spiro atoms. The minimum atomic E-state index is -3.47. The maximum Gasteiger partial charge on any atom is 0.327 e. The Balaban J connectivity index is 2.55. The van der Waals surface area contributed by atoms with Gasteiger partial charge in [-0.1, -0.05) is 12.1 Å². The number of primary amides is 1. The fraction of sp³-hybridized carbons (Fsp3) is 0.222. The highest BCUT2D eigenvalue weighted by Crippen LogP contribution is 2.48. The molecule has 0 aromatic heterocycles. The van der Waals surface area contributed by atoms with Gasteiger partial charge in [-0.15, -0.1) is 0 Å². The van der Waals surface area contributed by atoms with E-state index in [9.17, 15) is 19.5 Å². The van der Waals surface area contributed by atoms with Crippen LogP contribution >= 0.6 is 7.59 Å². The summed E-state index contributed by atoms with van der Waals surface area (Å²) in [6.07, 6.45) is 0. The van der Waals surface area contributed by atoms with Gasteiger partial charge in [0.15, 0.2) is 0 Å². The summed E-state index contributed by atoms with van der Waals surface area (Å²) in [6, 6.07) is 4.46. The van der Waals surface area contributed by atoms with Crippen LogP contribution < -0.4 is 20.6 Å². The van der Waals surface area contributed by atoms with E-state index in [4.69, 9.17) is 5.73 Å². The van der Waals surface area contributed by atoms with Crippen LogP contribution in [0.1, 0.15) is 0 Å². The zero-order valence-electron chi connectivity index (χ0n) is 9.78. The largest absolute Gasteiger partial charge is 0.351 e. The number of benzene rings is 1. The molecule has 1 aliphatic rings. The Morgan fingerprint density at radius 1 is 1.37 bits per heavy atom. The van der Waals surface area contributed by atoms with E-state index in [0.717, 1.165) is 4.67 Å². The van der Waals surface area contributed by atoms with Crippen molar-refractivity contribution in [1.29, 1.82) is 0 Å². The Morgan fingerprint density at radius 3 is 2.47 bits per heavy atom. The highest BCUT2D eigenvalue weighted by atomic mass is 31.2. The average Bonchev–Trinajstić information content (AvgIpc) is 2.76. The third-order valence-corrected chi connectivity index (χ3v) is 4.85. The summed E-state index contributed by atoms with van der Waals surface area (Å²) < 4.78 is 13.2. The summed E-state index contributed by atoms with van der Waals surface area (Å²) in [4.78, 5) is 21.8. The molecule has 0 radical (unpaired) electrons. The minimum Gasteiger partial charge on any atom is -0.351 e. The molecule has 19 heavy (non-hydrogen) atoms. The molecule has 0 unspecified atom stereocenters. The smallest absolute Gasteiger partial charge is 0.327 e. The van der Waals surface area contributed by atoms with E-state index in [0.29, 0.717) is 13.1 Å². The minimum absolute atomic E-state index is 0.106. The Morgan fingerprint density at radius 2 is 1.95 bits per heavy atom. The Hall–Kier alpha value is -1.96. The molecule has 0 aliphatic carbocycles. The van der Waals surface area contributed by atoms with Crippen molar-refractivity contribution >= 4 is 25.0 Å². The molecule has 0 bridgehead atoms. The summed E-state index contributed by atoms with van der Waals surface area (Å²) in [7, 11) is -3.47. The quantitative estimate of drug-likeness (QED) is 0.427. The number of para-hydroxylation sites is 2. The second-order valence-electron chi connectivity index (χ2n) is 3.79. The van der Waals surface area contributed by atoms with Crippen LogP contribution in [0.3, 0.4) is 0 Å². The van der Waals surface area contributed by atoms with Gasteiger partial charge in [-0.25, -0.2) is 19.6 Å². The fourth-order valence-corrected chi connectivity index (χ4v) is 3.79. The van der Waals surface area contributed by atoms with Crippen molar-refractivity contribution in [3.05, 3.63) is 34.4 Å². The third-order valence-electron chi connectivity index (χ3n) is 2.57. The number of hydrogen-bond acceptors (Lipinski definition) is 4. The van der Waals surface area contributed by atoms with Gasteiger partial charge in [0.05, 0.1) is 4.92 Å². The number of rotatable bonds is 3. The van der Waals surface area contributed by atoms with Crippen LogP contribution in [-0.2, 0) is 4.57 Å². The number of carbonyl (C=O) groups excluding carboxylic acids is 1. The molecule has 10 heteroatoms. The number of urea groups is 1. The van der Waals surface area contributed by atoms with Gasteiger partial charge in [0.1, 0.15) is 5.69 Å². The maximum absolute atomic E-state index is 12.5. The Bertz CT molecular complexity index is 567. The summed E-state index contributed by atoms with van der Waals surface area (Å²) in [5.41, 5.74) is 4.77. The van der Waals surface area contributed by atoms with Gasteiger partial charge in [0.25, 0.3) is 5.69 Å². The second-order valence-corrected chi connectivity index (χ2v) is 5.97. The Kier molecular flexibility index (Phi) is 3.52. The van der Waals surface area contributed by atoms with E-state index in [1.165, 1.54) is 24.3 Å². The SMILES string of the molecule is NC(=O)N(c1ccccc1[N+](=O)[O-])P1(=O)NCCN1. The maximum atomic E-state index is 12.5. The number of nitrogens with two attached hydrogens (primary N) is 1. The zero-order chi connectivity index (χ0) is 14.0. The van der Waals surface area contributed by atoms with E-state index >= 15 is 0 Å². The van der Waals surface area contributed by atoms with Crippen molar-refractivity contribution in [3.63, 3.8) is 0 Å². The summed E-state index contributed by atoms with van der Waals surface area (Å²) in [6.45, 7) is 0.753. The first-order chi connectivity index (χ1) is 8.96. The van der Waals surface area contributed by atoms with E-state index < -0.39 is 18.5 Å². The van der Waals surface area contributed by atoms with E-state index in [1.54, 1.807) is 0 Å². The van der Waals surface area contributed by atoms with Gasteiger partial charge in [-0.3, -0.25) is 14.7 Å². The third kappa shape index (κ3) is 2.43. The standard InChI is InChI=1S/C9H12N5O4P/c10-9(15)13(19(18)11-5-6-12-19)7-3-1-2-4-8(7)14(16)17/h1-4H,5-6H2,(H2,10,15)(H2,11,12,18). The molecule has 1 aromatic carbocycles. The van der Waals surface area contributed by atoms with Gasteiger partial charge in [-0.05, 0) is 6.07 Å². The lowest BCUT2D eigenvalue weighted by atomic mass is 10.3. The molecule has 2 rings (SSSR count). The topological polar surface area (TPSA) is 131 Å². The van der Waals surface area contributed by atoms with Crippen molar-refractivity contribution in [2.75, 3.05) is 17.8 Å². The number of nitro benzene ring substituents is 1. The molecule has 102 valence electrons. The van der Waals surface area contributed by atoms with Crippen LogP contribution in [0, 0.1) is 10.1 Å². The van der Waals surface area contributed by atoms with Crippen LogP contribution in [0.25, 0.3) is 0 Å². The highest BCUT2D eigenvalue weighted by molar-refractivity contribution is 7.62. The van der Waals surface area contributed by atoms with Gasteiger partial charge in [-0.2, -0.15) is 0 Å². The molecule has 1 aliphatic heterocycles. The number of anilines is 1. The zero-order valence-corrected chi connectivity index (χ0v) is 10.7. The summed E-state index contributed by atoms with van der Waals surface area (Å²) >= 11 is 0. The molecule has 1 aromatic rings. The predicted octanol–water partition coefficient (Wildman–Crippen LogP) is 0.781. The predicted molar refractivity (Wildman–Crippen MR) is 68.8 cm³/mol. The molecule has 1 heterocycles. The van der Waals surface area contributed by atoms with Crippen molar-refractivity contribution in [1.82, 2.24) is 10.2 Å². The second kappa shape index (κ2) is 4.96. The van der Waals surface area contributed by atoms with Crippen molar-refractivity contribution in [2.24, 2.45) is 5.73 Å². The molecule has 2 amide bonds. The van der Waals surface area contributed by atoms with Crippen molar-refractivity contribution in [2.45, 2.75) is 0 Å². The molecule has 4 N–H and O–H groups in total. The molecule has 0 saturated carbocycles. The van der Waals surface area contributed by atoms with Gasteiger partial charge in [0.2, 0.25) is 0 Å². The first kappa shape index (κ1) is 13.5. The van der Waals surface area contributed by atoms with Gasteiger partial charge in [0, 0.05) is 19.2 Å². The summed E-state index contributed by atoms with van der Waals surface area (Å²) in [5.74, 6) is 0. The monoisotopic (exact) mass is 285 g/mol. The number of amides is 2. The summed E-state index contributed by atoms with van der Waals surface area (Å²) in [5, 5.41) is 16.2. The molecule has 1 saturated heterocycles. The van der Waals surface area contributed by atoms with E-state index in [1.807, 2.05) is 0 Å². The number of nitrogens with one attached hydrogen (secondary N) is 2. The molecule has 0 atom stereocenters. The van der Waals surface area contributed by atoms with Crippen LogP contribution in [0.4, 0.5) is 16.2 Å². The van der Waals surface area contributed by atoms with Gasteiger partial charge >= 0.3 is 13.6 Å². The number of nitrogens with zero attached hydrogens (tertiary/aromatic N) is 2. The van der Waals surface area contributed by atoms with Crippen LogP contribution in [-0.4, -0.2) is 24.0 Å². The van der Waals surface area contributed by atoms with E-state index in [2.05, 4.69) is 10.2 Å². The lowest BCUT2D eigenvalue weighted by Gasteiger charge is -2.26. The lowest BCUT2D eigenvalue weighted by Crippen LogP contribution is -2.38. The van der Waals surface area contributed by atoms with Crippen LogP contribution in [0.2, 0.25) is 0 Å². The fourth-order valence-electron chi connectivity index (χ4n) is 1.82. The average molecular weight is 285 g/mol. The number of hydrogen-bond donors (Lipinski definition) is 3. The number of carbonyl (C=O) groups is 1. The normalized spacial score (nSPS) is 17.1. The first-order valence-corrected chi connectivity index (χ1v) is 7.05. The molecule has 9 nitrogen and oxygen atoms in total. The Labute approximate surface area is 108 Å².